The monoisotopic (exact) mass is 579 g/mol. The number of aromatic nitrogens is 4. The maximum atomic E-state index is 13.1. The highest BCUT2D eigenvalue weighted by molar-refractivity contribution is 7.18. The van der Waals surface area contributed by atoms with Gasteiger partial charge in [-0.25, -0.2) is 15.0 Å². The number of hydrogen-bond donors (Lipinski definition) is 2. The van der Waals surface area contributed by atoms with Crippen molar-refractivity contribution in [2.75, 3.05) is 41.8 Å². The molecule has 2 N–H and O–H groups in total. The molecule has 1 unspecified atom stereocenters. The maximum absolute atomic E-state index is 13.1. The molecule has 39 heavy (non-hydrogen) atoms. The quantitative estimate of drug-likeness (QED) is 0.219. The molecular formula is C26H25N7O3S3. The van der Waals surface area contributed by atoms with Gasteiger partial charge in [-0.1, -0.05) is 6.07 Å². The molecular weight excluding hydrogens is 555 g/mol. The van der Waals surface area contributed by atoms with E-state index in [1.807, 2.05) is 34.3 Å². The van der Waals surface area contributed by atoms with E-state index in [0.717, 1.165) is 34.4 Å². The molecule has 10 nitrogen and oxygen atoms in total. The molecule has 0 aliphatic carbocycles. The number of thiophene rings is 3. The van der Waals surface area contributed by atoms with Gasteiger partial charge in [-0.15, -0.1) is 34.0 Å². The molecule has 0 radical (unpaired) electrons. The van der Waals surface area contributed by atoms with E-state index in [2.05, 4.69) is 25.6 Å². The Hall–Kier alpha value is -3.52. The first-order valence-corrected chi connectivity index (χ1v) is 15.2. The molecule has 0 aromatic carbocycles. The van der Waals surface area contributed by atoms with Crippen LogP contribution in [-0.2, 0) is 9.53 Å². The van der Waals surface area contributed by atoms with E-state index < -0.39 is 0 Å². The highest BCUT2D eigenvalue weighted by atomic mass is 32.1. The zero-order chi connectivity index (χ0) is 26.8. The molecule has 1 atom stereocenters. The van der Waals surface area contributed by atoms with Crippen LogP contribution in [-0.4, -0.2) is 64.0 Å². The number of anilines is 3. The van der Waals surface area contributed by atoms with Gasteiger partial charge in [-0.3, -0.25) is 14.5 Å². The fraction of sp³-hybridized carbons (Fsp3) is 0.308. The zero-order valence-electron chi connectivity index (χ0n) is 21.0. The van der Waals surface area contributed by atoms with E-state index in [-0.39, 0.29) is 17.8 Å². The van der Waals surface area contributed by atoms with Gasteiger partial charge in [0.25, 0.3) is 0 Å². The second-order valence-electron chi connectivity index (χ2n) is 8.96. The topological polar surface area (TPSA) is 122 Å². The smallest absolute Gasteiger partial charge is 0.225 e. The lowest BCUT2D eigenvalue weighted by atomic mass is 10.2. The molecule has 0 bridgehead atoms. The third-order valence-electron chi connectivity index (χ3n) is 6.32. The number of nitrogens with zero attached hydrogens (tertiary/aromatic N) is 5. The Kier molecular flexibility index (Phi) is 7.46. The zero-order valence-corrected chi connectivity index (χ0v) is 23.5. The van der Waals surface area contributed by atoms with Gasteiger partial charge in [0.2, 0.25) is 23.6 Å². The molecule has 0 spiro atoms. The SMILES string of the molecule is CC(=O)N(CCNc1nc(C(=O)c2cccs2)c2sccc2n1)c1nc(NCC2CCCO2)nc2ccsc12. The average molecular weight is 580 g/mol. The number of fused-ring (bicyclic) bond motifs is 2. The van der Waals surface area contributed by atoms with Gasteiger partial charge >= 0.3 is 0 Å². The molecule has 13 heteroatoms. The summed E-state index contributed by atoms with van der Waals surface area (Å²) in [6.45, 7) is 3.60. The number of rotatable bonds is 10. The molecule has 0 saturated carbocycles. The van der Waals surface area contributed by atoms with Gasteiger partial charge in [-0.2, -0.15) is 4.98 Å². The normalized spacial score (nSPS) is 15.2. The number of nitrogens with one attached hydrogen (secondary N) is 2. The second-order valence-corrected chi connectivity index (χ2v) is 11.7. The van der Waals surface area contributed by atoms with E-state index in [1.165, 1.54) is 40.9 Å². The first kappa shape index (κ1) is 25.7. The molecule has 1 fully saturated rings. The van der Waals surface area contributed by atoms with Crippen molar-refractivity contribution in [1.29, 1.82) is 0 Å². The fourth-order valence-electron chi connectivity index (χ4n) is 4.43. The average Bonchev–Trinajstić information content (AvgIpc) is 3.75. The standard InChI is InChI=1S/C26H25N7O3S3/c1-15(34)33(24-23-18(7-13-39-23)30-26(32-24)28-14-16-4-2-10-36-16)9-8-27-25-29-17-6-12-38-22(17)20(31-25)21(35)19-5-3-11-37-19/h3,5-7,11-13,16H,2,4,8-10,14H2,1H3,(H,27,29,31)(H,28,30,32). The molecule has 5 aromatic heterocycles. The largest absolute Gasteiger partial charge is 0.376 e. The predicted octanol–water partition coefficient (Wildman–Crippen LogP) is 5.04. The molecule has 1 aliphatic rings. The lowest BCUT2D eigenvalue weighted by Gasteiger charge is -2.22. The highest BCUT2D eigenvalue weighted by Crippen LogP contribution is 2.31. The first-order valence-electron chi connectivity index (χ1n) is 12.5. The van der Waals surface area contributed by atoms with Crippen molar-refractivity contribution >= 4 is 83.8 Å². The molecule has 200 valence electrons. The van der Waals surface area contributed by atoms with Crippen molar-refractivity contribution in [1.82, 2.24) is 19.9 Å². The van der Waals surface area contributed by atoms with Gasteiger partial charge in [0.05, 0.1) is 31.4 Å². The summed E-state index contributed by atoms with van der Waals surface area (Å²) in [5.74, 6) is 1.10. The lowest BCUT2D eigenvalue weighted by molar-refractivity contribution is -0.116. The van der Waals surface area contributed by atoms with Gasteiger partial charge in [0.1, 0.15) is 5.69 Å². The van der Waals surface area contributed by atoms with Crippen molar-refractivity contribution < 1.29 is 14.3 Å². The molecule has 1 amide bonds. The summed E-state index contributed by atoms with van der Waals surface area (Å²) >= 11 is 4.33. The number of amides is 1. The van der Waals surface area contributed by atoms with Crippen LogP contribution in [0.1, 0.15) is 35.1 Å². The van der Waals surface area contributed by atoms with Crippen molar-refractivity contribution in [3.8, 4) is 0 Å². The summed E-state index contributed by atoms with van der Waals surface area (Å²) in [7, 11) is 0. The van der Waals surface area contributed by atoms with Gasteiger partial charge in [0, 0.05) is 33.2 Å². The van der Waals surface area contributed by atoms with Crippen LogP contribution in [0.5, 0.6) is 0 Å². The Morgan fingerprint density at radius 1 is 0.974 bits per heavy atom. The van der Waals surface area contributed by atoms with Crippen LogP contribution in [0.4, 0.5) is 17.7 Å². The minimum atomic E-state index is -0.141. The Balaban J connectivity index is 1.21. The summed E-state index contributed by atoms with van der Waals surface area (Å²) in [5.41, 5.74) is 1.86. The third kappa shape index (κ3) is 5.48. The molecule has 1 saturated heterocycles. The summed E-state index contributed by atoms with van der Waals surface area (Å²) in [4.78, 5) is 46.6. The second kappa shape index (κ2) is 11.3. The summed E-state index contributed by atoms with van der Waals surface area (Å²) in [6.07, 6.45) is 2.20. The van der Waals surface area contributed by atoms with Crippen LogP contribution in [0.25, 0.3) is 20.4 Å². The minimum Gasteiger partial charge on any atom is -0.376 e. The van der Waals surface area contributed by atoms with Crippen LogP contribution < -0.4 is 15.5 Å². The minimum absolute atomic E-state index is 0.127. The van der Waals surface area contributed by atoms with Gasteiger partial charge < -0.3 is 15.4 Å². The predicted molar refractivity (Wildman–Crippen MR) is 157 cm³/mol. The number of ether oxygens (including phenoxy) is 1. The summed E-state index contributed by atoms with van der Waals surface area (Å²) < 4.78 is 7.30. The van der Waals surface area contributed by atoms with E-state index in [9.17, 15) is 9.59 Å². The number of ketones is 1. The lowest BCUT2D eigenvalue weighted by Crippen LogP contribution is -2.34. The Morgan fingerprint density at radius 2 is 1.74 bits per heavy atom. The third-order valence-corrected chi connectivity index (χ3v) is 8.99. The van der Waals surface area contributed by atoms with E-state index in [4.69, 9.17) is 9.72 Å². The van der Waals surface area contributed by atoms with E-state index in [0.29, 0.717) is 53.4 Å². The van der Waals surface area contributed by atoms with Crippen molar-refractivity contribution in [2.45, 2.75) is 25.9 Å². The van der Waals surface area contributed by atoms with Crippen LogP contribution in [0.3, 0.4) is 0 Å². The Bertz CT molecular complexity index is 1630. The van der Waals surface area contributed by atoms with Crippen LogP contribution in [0, 0.1) is 0 Å². The van der Waals surface area contributed by atoms with Crippen LogP contribution in [0.15, 0.2) is 40.4 Å². The summed E-state index contributed by atoms with van der Waals surface area (Å²) in [5, 5.41) is 12.2. The molecule has 1 aliphatic heterocycles. The fourth-order valence-corrected chi connectivity index (χ4v) is 6.74. The van der Waals surface area contributed by atoms with Gasteiger partial charge in [-0.05, 0) is 47.2 Å². The molecule has 5 aromatic rings. The van der Waals surface area contributed by atoms with Gasteiger partial charge in [0.15, 0.2) is 5.82 Å². The molecule has 6 heterocycles. The number of carbonyl (C=O) groups excluding carboxylic acids is 2. The first-order chi connectivity index (χ1) is 19.1. The van der Waals surface area contributed by atoms with Crippen molar-refractivity contribution in [3.63, 3.8) is 0 Å². The Labute approximate surface area is 236 Å². The van der Waals surface area contributed by atoms with Crippen LogP contribution >= 0.6 is 34.0 Å². The van der Waals surface area contributed by atoms with E-state index in [1.54, 1.807) is 11.0 Å². The highest BCUT2D eigenvalue weighted by Gasteiger charge is 2.22. The molecule has 6 rings (SSSR count). The maximum Gasteiger partial charge on any atom is 0.225 e. The van der Waals surface area contributed by atoms with Crippen LogP contribution in [0.2, 0.25) is 0 Å². The number of hydrogen-bond acceptors (Lipinski definition) is 12. The van der Waals surface area contributed by atoms with E-state index >= 15 is 0 Å². The van der Waals surface area contributed by atoms with Crippen molar-refractivity contribution in [2.24, 2.45) is 0 Å². The Morgan fingerprint density at radius 3 is 2.46 bits per heavy atom. The van der Waals surface area contributed by atoms with Crippen molar-refractivity contribution in [3.05, 3.63) is 51.0 Å². The number of carbonyl (C=O) groups is 2. The summed E-state index contributed by atoms with van der Waals surface area (Å²) in [6, 6.07) is 7.44.